The molecule has 0 atom stereocenters. The van der Waals surface area contributed by atoms with E-state index in [0.717, 1.165) is 11.3 Å². The Morgan fingerprint density at radius 1 is 1.13 bits per heavy atom. The van der Waals surface area contributed by atoms with Crippen LogP contribution in [0.2, 0.25) is 0 Å². The smallest absolute Gasteiger partial charge is 0.338 e. The van der Waals surface area contributed by atoms with E-state index >= 15 is 0 Å². The highest BCUT2D eigenvalue weighted by Gasteiger charge is 2.11. The number of rotatable bonds is 3. The van der Waals surface area contributed by atoms with Crippen molar-refractivity contribution in [1.29, 1.82) is 0 Å². The number of hydrogen-bond donors (Lipinski definition) is 0. The summed E-state index contributed by atoms with van der Waals surface area (Å²) in [7, 11) is 0. The molecule has 0 saturated carbocycles. The molecule has 0 unspecified atom stereocenters. The number of carbonyl (C=O) groups excluding carboxylic acids is 1. The maximum atomic E-state index is 12.2. The summed E-state index contributed by atoms with van der Waals surface area (Å²) in [5.74, 6) is -0.422. The molecule has 3 aromatic rings. The van der Waals surface area contributed by atoms with E-state index in [9.17, 15) is 9.59 Å². The van der Waals surface area contributed by atoms with Gasteiger partial charge in [0.2, 0.25) is 0 Å². The molecule has 2 heterocycles. The van der Waals surface area contributed by atoms with Crippen molar-refractivity contribution < 1.29 is 9.53 Å². The Morgan fingerprint density at radius 2 is 1.91 bits per heavy atom. The summed E-state index contributed by atoms with van der Waals surface area (Å²) in [6.07, 6.45) is 0. The van der Waals surface area contributed by atoms with Gasteiger partial charge in [0.25, 0.3) is 5.56 Å². The third-order valence-electron chi connectivity index (χ3n) is 3.65. The van der Waals surface area contributed by atoms with Gasteiger partial charge in [-0.3, -0.25) is 9.20 Å². The molecule has 0 N–H and O–H groups in total. The maximum Gasteiger partial charge on any atom is 0.338 e. The summed E-state index contributed by atoms with van der Waals surface area (Å²) in [5, 5.41) is 0. The van der Waals surface area contributed by atoms with Crippen molar-refractivity contribution in [1.82, 2.24) is 9.38 Å². The van der Waals surface area contributed by atoms with Crippen LogP contribution in [0, 0.1) is 13.8 Å². The average Bonchev–Trinajstić information content (AvgIpc) is 2.53. The zero-order chi connectivity index (χ0) is 16.4. The van der Waals surface area contributed by atoms with Crippen LogP contribution in [0.25, 0.3) is 5.65 Å². The summed E-state index contributed by atoms with van der Waals surface area (Å²) >= 11 is 0. The Bertz CT molecular complexity index is 944. The van der Waals surface area contributed by atoms with E-state index < -0.39 is 5.97 Å². The second-order valence-electron chi connectivity index (χ2n) is 5.34. The highest BCUT2D eigenvalue weighted by Crippen LogP contribution is 2.10. The fraction of sp³-hybridized carbons (Fsp3) is 0.167. The molecule has 23 heavy (non-hydrogen) atoms. The molecule has 0 aliphatic rings. The number of esters is 1. The van der Waals surface area contributed by atoms with Crippen molar-refractivity contribution in [2.45, 2.75) is 20.5 Å². The number of carbonyl (C=O) groups is 1. The fourth-order valence-electron chi connectivity index (χ4n) is 2.46. The van der Waals surface area contributed by atoms with E-state index in [4.69, 9.17) is 4.74 Å². The number of hydrogen-bond acceptors (Lipinski definition) is 4. The molecule has 0 fully saturated rings. The predicted octanol–water partition coefficient (Wildman–Crippen LogP) is 2.67. The molecule has 0 spiro atoms. The van der Waals surface area contributed by atoms with Crippen LogP contribution < -0.4 is 5.56 Å². The lowest BCUT2D eigenvalue weighted by atomic mass is 10.1. The Kier molecular flexibility index (Phi) is 3.93. The first-order valence-corrected chi connectivity index (χ1v) is 7.27. The standard InChI is InChI=1S/C18H16N2O3/c1-12-6-3-4-8-15(12)18(22)23-11-14-10-17(21)20-13(2)7-5-9-16(20)19-14/h3-10H,11H2,1-2H3. The van der Waals surface area contributed by atoms with Crippen molar-refractivity contribution in [2.24, 2.45) is 0 Å². The normalized spacial score (nSPS) is 10.7. The molecule has 0 aliphatic heterocycles. The molecular weight excluding hydrogens is 292 g/mol. The van der Waals surface area contributed by atoms with E-state index in [-0.39, 0.29) is 12.2 Å². The highest BCUT2D eigenvalue weighted by atomic mass is 16.5. The number of ether oxygens (including phenoxy) is 1. The van der Waals surface area contributed by atoms with Gasteiger partial charge in [0.15, 0.2) is 0 Å². The average molecular weight is 308 g/mol. The molecule has 5 nitrogen and oxygen atoms in total. The number of pyridine rings is 1. The zero-order valence-electron chi connectivity index (χ0n) is 12.9. The van der Waals surface area contributed by atoms with Crippen molar-refractivity contribution in [3.8, 4) is 0 Å². The van der Waals surface area contributed by atoms with Gasteiger partial charge in [-0.1, -0.05) is 24.3 Å². The van der Waals surface area contributed by atoms with Gasteiger partial charge in [0.1, 0.15) is 12.3 Å². The molecule has 116 valence electrons. The molecule has 0 amide bonds. The second-order valence-corrected chi connectivity index (χ2v) is 5.34. The number of aryl methyl sites for hydroxylation is 2. The lowest BCUT2D eigenvalue weighted by Crippen LogP contribution is -2.18. The predicted molar refractivity (Wildman–Crippen MR) is 86.5 cm³/mol. The van der Waals surface area contributed by atoms with Crippen molar-refractivity contribution in [3.63, 3.8) is 0 Å². The van der Waals surface area contributed by atoms with Crippen LogP contribution in [0.1, 0.15) is 27.3 Å². The van der Waals surface area contributed by atoms with Crippen molar-refractivity contribution in [2.75, 3.05) is 0 Å². The summed E-state index contributed by atoms with van der Waals surface area (Å²) < 4.78 is 6.80. The summed E-state index contributed by atoms with van der Waals surface area (Å²) in [5.41, 5.74) is 2.96. The van der Waals surface area contributed by atoms with Crippen LogP contribution in [-0.4, -0.2) is 15.4 Å². The highest BCUT2D eigenvalue weighted by molar-refractivity contribution is 5.90. The SMILES string of the molecule is Cc1ccccc1C(=O)OCc1cc(=O)n2c(C)cccc2n1. The molecule has 0 saturated heterocycles. The monoisotopic (exact) mass is 308 g/mol. The molecule has 0 bridgehead atoms. The van der Waals surface area contributed by atoms with Crippen LogP contribution in [-0.2, 0) is 11.3 Å². The maximum absolute atomic E-state index is 12.2. The van der Waals surface area contributed by atoms with Crippen LogP contribution in [0.3, 0.4) is 0 Å². The molecule has 2 aromatic heterocycles. The van der Waals surface area contributed by atoms with E-state index in [0.29, 0.717) is 16.9 Å². The largest absolute Gasteiger partial charge is 0.456 e. The van der Waals surface area contributed by atoms with E-state index in [1.165, 1.54) is 10.5 Å². The third kappa shape index (κ3) is 2.99. The molecule has 3 rings (SSSR count). The van der Waals surface area contributed by atoms with Gasteiger partial charge < -0.3 is 4.74 Å². The lowest BCUT2D eigenvalue weighted by molar-refractivity contribution is 0.0467. The number of benzene rings is 1. The van der Waals surface area contributed by atoms with Gasteiger partial charge in [0.05, 0.1) is 11.3 Å². The van der Waals surface area contributed by atoms with E-state index in [1.807, 2.05) is 38.1 Å². The third-order valence-corrected chi connectivity index (χ3v) is 3.65. The van der Waals surface area contributed by atoms with Crippen molar-refractivity contribution >= 4 is 11.6 Å². The Labute approximate surface area is 133 Å². The zero-order valence-corrected chi connectivity index (χ0v) is 12.9. The number of aromatic nitrogens is 2. The van der Waals surface area contributed by atoms with Crippen molar-refractivity contribution in [3.05, 3.63) is 81.4 Å². The minimum atomic E-state index is -0.422. The van der Waals surface area contributed by atoms with E-state index in [1.54, 1.807) is 18.2 Å². The molecule has 5 heteroatoms. The van der Waals surface area contributed by atoms with Gasteiger partial charge in [-0.05, 0) is 37.6 Å². The summed E-state index contributed by atoms with van der Waals surface area (Å²) in [6.45, 7) is 3.65. The Hall–Kier alpha value is -2.95. The molecular formula is C18H16N2O3. The first-order valence-electron chi connectivity index (χ1n) is 7.27. The molecule has 0 aliphatic carbocycles. The van der Waals surface area contributed by atoms with Gasteiger partial charge in [-0.2, -0.15) is 0 Å². The van der Waals surface area contributed by atoms with Gasteiger partial charge in [0, 0.05) is 11.8 Å². The van der Waals surface area contributed by atoms with E-state index in [2.05, 4.69) is 4.98 Å². The Balaban J connectivity index is 1.84. The summed E-state index contributed by atoms with van der Waals surface area (Å²) in [4.78, 5) is 28.7. The van der Waals surface area contributed by atoms with Crippen LogP contribution in [0.5, 0.6) is 0 Å². The quantitative estimate of drug-likeness (QED) is 0.698. The van der Waals surface area contributed by atoms with Crippen LogP contribution >= 0.6 is 0 Å². The molecule has 0 radical (unpaired) electrons. The first-order chi connectivity index (χ1) is 11.1. The van der Waals surface area contributed by atoms with Gasteiger partial charge in [-0.15, -0.1) is 0 Å². The first kappa shape index (κ1) is 15.0. The minimum absolute atomic E-state index is 0.0349. The van der Waals surface area contributed by atoms with Gasteiger partial charge >= 0.3 is 5.97 Å². The Morgan fingerprint density at radius 3 is 2.70 bits per heavy atom. The fourth-order valence-corrected chi connectivity index (χ4v) is 2.46. The number of nitrogens with zero attached hydrogens (tertiary/aromatic N) is 2. The summed E-state index contributed by atoms with van der Waals surface area (Å²) in [6, 6.07) is 14.0. The van der Waals surface area contributed by atoms with Crippen LogP contribution in [0.15, 0.2) is 53.3 Å². The minimum Gasteiger partial charge on any atom is -0.456 e. The van der Waals surface area contributed by atoms with Crippen LogP contribution in [0.4, 0.5) is 0 Å². The lowest BCUT2D eigenvalue weighted by Gasteiger charge is -2.08. The van der Waals surface area contributed by atoms with Gasteiger partial charge in [-0.25, -0.2) is 9.78 Å². The number of fused-ring (bicyclic) bond motifs is 1. The topological polar surface area (TPSA) is 60.7 Å². The second kappa shape index (κ2) is 6.04. The molecule has 1 aromatic carbocycles.